The van der Waals surface area contributed by atoms with E-state index >= 15 is 0 Å². The minimum atomic E-state index is -1.01. The van der Waals surface area contributed by atoms with E-state index in [1.54, 1.807) is 0 Å². The molecule has 110 valence electrons. The number of carboxylic acids is 1. The second-order valence-corrected chi connectivity index (χ2v) is 5.33. The van der Waals surface area contributed by atoms with E-state index in [0.717, 1.165) is 17.9 Å². The van der Waals surface area contributed by atoms with Crippen LogP contribution in [-0.4, -0.2) is 41.1 Å². The van der Waals surface area contributed by atoms with Crippen LogP contribution in [0.25, 0.3) is 0 Å². The summed E-state index contributed by atoms with van der Waals surface area (Å²) in [5, 5.41) is 11.3. The molecule has 0 bridgehead atoms. The Kier molecular flexibility index (Phi) is 7.57. The molecule has 0 aliphatic carbocycles. The number of thioether (sulfide) groups is 1. The number of amides is 1. The van der Waals surface area contributed by atoms with Crippen molar-refractivity contribution in [3.63, 3.8) is 0 Å². The third kappa shape index (κ3) is 7.04. The van der Waals surface area contributed by atoms with Gasteiger partial charge in [-0.3, -0.25) is 4.79 Å². The topological polar surface area (TPSA) is 75.6 Å². The first kappa shape index (κ1) is 16.4. The van der Waals surface area contributed by atoms with Gasteiger partial charge in [0.1, 0.15) is 11.8 Å². The van der Waals surface area contributed by atoms with Gasteiger partial charge < -0.3 is 15.2 Å². The molecule has 0 aliphatic heterocycles. The van der Waals surface area contributed by atoms with E-state index in [0.29, 0.717) is 12.4 Å². The van der Waals surface area contributed by atoms with E-state index in [2.05, 4.69) is 5.32 Å². The van der Waals surface area contributed by atoms with Gasteiger partial charge in [-0.05, 0) is 24.3 Å². The summed E-state index contributed by atoms with van der Waals surface area (Å²) in [4.78, 5) is 21.7. The Hall–Kier alpha value is -1.69. The lowest BCUT2D eigenvalue weighted by Crippen LogP contribution is -2.41. The fourth-order valence-corrected chi connectivity index (χ4v) is 2.44. The molecule has 2 N–H and O–H groups in total. The summed E-state index contributed by atoms with van der Waals surface area (Å²) in [6.45, 7) is 1.91. The van der Waals surface area contributed by atoms with Gasteiger partial charge in [0, 0.05) is 12.7 Å². The normalized spacial score (nSPS) is 11.7. The number of carbonyl (C=O) groups excluding carboxylic acids is 1. The molecule has 1 aromatic rings. The van der Waals surface area contributed by atoms with E-state index in [-0.39, 0.29) is 5.91 Å². The van der Waals surface area contributed by atoms with Crippen LogP contribution in [0.2, 0.25) is 0 Å². The van der Waals surface area contributed by atoms with Gasteiger partial charge in [0.05, 0.1) is 6.61 Å². The van der Waals surface area contributed by atoms with Crippen molar-refractivity contribution in [2.45, 2.75) is 19.4 Å². The highest BCUT2D eigenvalue weighted by Crippen LogP contribution is 2.10. The Bertz CT molecular complexity index is 424. The molecule has 1 rings (SSSR count). The van der Waals surface area contributed by atoms with Crippen LogP contribution in [0.5, 0.6) is 5.75 Å². The third-order valence-corrected chi connectivity index (χ3v) is 3.55. The van der Waals surface area contributed by atoms with Crippen molar-refractivity contribution < 1.29 is 19.4 Å². The summed E-state index contributed by atoms with van der Waals surface area (Å²) in [6.07, 6.45) is 0.825. The van der Waals surface area contributed by atoms with Crippen LogP contribution in [0.1, 0.15) is 13.3 Å². The van der Waals surface area contributed by atoms with Crippen molar-refractivity contribution in [2.24, 2.45) is 0 Å². The summed E-state index contributed by atoms with van der Waals surface area (Å²) in [7, 11) is 0. The zero-order valence-electron chi connectivity index (χ0n) is 11.4. The summed E-state index contributed by atoms with van der Waals surface area (Å²) in [5.74, 6) is 0.647. The van der Waals surface area contributed by atoms with Crippen LogP contribution in [0.4, 0.5) is 0 Å². The molecule has 0 aromatic heterocycles. The van der Waals surface area contributed by atoms with Gasteiger partial charge >= 0.3 is 5.97 Å². The summed E-state index contributed by atoms with van der Waals surface area (Å²) in [5.41, 5.74) is 0. The van der Waals surface area contributed by atoms with E-state index in [1.165, 1.54) is 18.7 Å². The van der Waals surface area contributed by atoms with Crippen LogP contribution in [0.3, 0.4) is 0 Å². The Morgan fingerprint density at radius 1 is 1.35 bits per heavy atom. The molecule has 0 heterocycles. The first-order valence-electron chi connectivity index (χ1n) is 6.35. The molecule has 0 saturated heterocycles. The molecule has 0 saturated carbocycles. The van der Waals surface area contributed by atoms with Gasteiger partial charge in [0.25, 0.3) is 0 Å². The van der Waals surface area contributed by atoms with Gasteiger partial charge in [0.15, 0.2) is 0 Å². The number of hydrogen-bond acceptors (Lipinski definition) is 4. The Labute approximate surface area is 122 Å². The highest BCUT2D eigenvalue weighted by atomic mass is 32.2. The molecule has 0 radical (unpaired) electrons. The molecule has 0 spiro atoms. The van der Waals surface area contributed by atoms with Gasteiger partial charge in [-0.1, -0.05) is 18.2 Å². The highest BCUT2D eigenvalue weighted by molar-refractivity contribution is 7.99. The number of rotatable bonds is 9. The minimum absolute atomic E-state index is 0.328. The largest absolute Gasteiger partial charge is 0.494 e. The minimum Gasteiger partial charge on any atom is -0.494 e. The molecule has 6 heteroatoms. The number of para-hydroxylation sites is 1. The number of aliphatic carboxylic acids is 1. The second-order valence-electron chi connectivity index (χ2n) is 4.18. The predicted octanol–water partition coefficient (Wildman–Crippen LogP) is 1.78. The quantitative estimate of drug-likeness (QED) is 0.680. The lowest BCUT2D eigenvalue weighted by atomic mass is 10.3. The summed E-state index contributed by atoms with van der Waals surface area (Å²) >= 11 is 1.49. The van der Waals surface area contributed by atoms with Gasteiger partial charge in [-0.15, -0.1) is 0 Å². The van der Waals surface area contributed by atoms with Crippen molar-refractivity contribution in [3.8, 4) is 5.75 Å². The van der Waals surface area contributed by atoms with Crippen LogP contribution < -0.4 is 10.1 Å². The van der Waals surface area contributed by atoms with Crippen LogP contribution in [-0.2, 0) is 9.59 Å². The molecule has 1 atom stereocenters. The number of carboxylic acid groups (broad SMARTS) is 1. The maximum atomic E-state index is 10.9. The molecular formula is C14H19NO4S. The summed E-state index contributed by atoms with van der Waals surface area (Å²) < 4.78 is 5.53. The number of ether oxygens (including phenoxy) is 1. The molecule has 0 aliphatic rings. The number of carbonyl (C=O) groups is 2. The van der Waals surface area contributed by atoms with E-state index in [9.17, 15) is 9.59 Å². The Balaban J connectivity index is 2.11. The summed E-state index contributed by atoms with van der Waals surface area (Å²) in [6, 6.07) is 8.71. The second kappa shape index (κ2) is 9.25. The van der Waals surface area contributed by atoms with Crippen LogP contribution in [0.15, 0.2) is 30.3 Å². The van der Waals surface area contributed by atoms with E-state index < -0.39 is 12.0 Å². The fraction of sp³-hybridized carbons (Fsp3) is 0.429. The third-order valence-electron chi connectivity index (χ3n) is 2.41. The zero-order valence-corrected chi connectivity index (χ0v) is 12.2. The number of nitrogens with one attached hydrogen (secondary N) is 1. The van der Waals surface area contributed by atoms with Gasteiger partial charge in [-0.25, -0.2) is 4.79 Å². The molecule has 1 unspecified atom stereocenters. The lowest BCUT2D eigenvalue weighted by molar-refractivity contribution is -0.140. The monoisotopic (exact) mass is 297 g/mol. The zero-order chi connectivity index (χ0) is 14.8. The number of benzene rings is 1. The van der Waals surface area contributed by atoms with Crippen molar-refractivity contribution in [2.75, 3.05) is 18.1 Å². The molecular weight excluding hydrogens is 278 g/mol. The predicted molar refractivity (Wildman–Crippen MR) is 79.1 cm³/mol. The van der Waals surface area contributed by atoms with E-state index in [1.807, 2.05) is 30.3 Å². The Morgan fingerprint density at radius 2 is 2.05 bits per heavy atom. The van der Waals surface area contributed by atoms with Crippen molar-refractivity contribution >= 4 is 23.6 Å². The number of hydrogen-bond donors (Lipinski definition) is 2. The van der Waals surface area contributed by atoms with E-state index in [4.69, 9.17) is 9.84 Å². The molecule has 0 fully saturated rings. The van der Waals surface area contributed by atoms with Crippen molar-refractivity contribution in [1.29, 1.82) is 0 Å². The first-order valence-corrected chi connectivity index (χ1v) is 7.50. The highest BCUT2D eigenvalue weighted by Gasteiger charge is 2.17. The maximum absolute atomic E-state index is 10.9. The van der Waals surface area contributed by atoms with Gasteiger partial charge in [0.2, 0.25) is 5.91 Å². The molecule has 20 heavy (non-hydrogen) atoms. The molecule has 1 amide bonds. The van der Waals surface area contributed by atoms with Gasteiger partial charge in [-0.2, -0.15) is 11.8 Å². The standard InChI is InChI=1S/C14H19NO4S/c1-11(16)15-13(14(17)18)10-20-9-5-8-19-12-6-3-2-4-7-12/h2-4,6-7,13H,5,8-10H2,1H3,(H,15,16)(H,17,18). The average Bonchev–Trinajstić information content (AvgIpc) is 2.41. The Morgan fingerprint density at radius 3 is 2.65 bits per heavy atom. The van der Waals surface area contributed by atoms with Crippen LogP contribution in [0, 0.1) is 0 Å². The molecule has 5 nitrogen and oxygen atoms in total. The van der Waals surface area contributed by atoms with Crippen molar-refractivity contribution in [1.82, 2.24) is 5.32 Å². The van der Waals surface area contributed by atoms with Crippen LogP contribution >= 0.6 is 11.8 Å². The molecule has 1 aromatic carbocycles. The fourth-order valence-electron chi connectivity index (χ4n) is 1.49. The maximum Gasteiger partial charge on any atom is 0.327 e. The lowest BCUT2D eigenvalue weighted by Gasteiger charge is -2.12. The van der Waals surface area contributed by atoms with Crippen molar-refractivity contribution in [3.05, 3.63) is 30.3 Å². The first-order chi connectivity index (χ1) is 9.59. The average molecular weight is 297 g/mol. The SMILES string of the molecule is CC(=O)NC(CSCCCOc1ccccc1)C(=O)O. The smallest absolute Gasteiger partial charge is 0.327 e.